The molecule has 3 heteroatoms. The van der Waals surface area contributed by atoms with Gasteiger partial charge >= 0.3 is 0 Å². The molecular formula is C14H20N2O. The van der Waals surface area contributed by atoms with E-state index in [4.69, 9.17) is 4.74 Å². The van der Waals surface area contributed by atoms with Gasteiger partial charge in [0.2, 0.25) is 0 Å². The van der Waals surface area contributed by atoms with Crippen LogP contribution in [0, 0.1) is 0 Å². The molecule has 1 aliphatic heterocycles. The molecule has 1 saturated heterocycles. The van der Waals surface area contributed by atoms with Gasteiger partial charge in [-0.1, -0.05) is 0 Å². The summed E-state index contributed by atoms with van der Waals surface area (Å²) in [6, 6.07) is 0. The van der Waals surface area contributed by atoms with Gasteiger partial charge in [0.15, 0.2) is 0 Å². The van der Waals surface area contributed by atoms with Crippen molar-refractivity contribution in [3.05, 3.63) is 17.0 Å². The van der Waals surface area contributed by atoms with E-state index in [1.54, 1.807) is 0 Å². The third kappa shape index (κ3) is 1.81. The van der Waals surface area contributed by atoms with Crippen molar-refractivity contribution >= 4 is 0 Å². The van der Waals surface area contributed by atoms with Crippen LogP contribution in [-0.4, -0.2) is 16.8 Å². The lowest BCUT2D eigenvalue weighted by Gasteiger charge is -2.24. The molecule has 3 aliphatic rings. The molecule has 2 aliphatic carbocycles. The summed E-state index contributed by atoms with van der Waals surface area (Å²) < 4.78 is 6.00. The zero-order valence-electron chi connectivity index (χ0n) is 10.2. The molecule has 0 spiro atoms. The van der Waals surface area contributed by atoms with E-state index in [2.05, 4.69) is 10.2 Å². The normalized spacial score (nSPS) is 29.5. The second kappa shape index (κ2) is 3.84. The Morgan fingerprint density at radius 2 is 1.82 bits per heavy atom. The summed E-state index contributed by atoms with van der Waals surface area (Å²) >= 11 is 0. The van der Waals surface area contributed by atoms with E-state index in [1.165, 1.54) is 61.9 Å². The van der Waals surface area contributed by atoms with Crippen LogP contribution in [0.2, 0.25) is 0 Å². The maximum absolute atomic E-state index is 6.00. The van der Waals surface area contributed by atoms with Crippen molar-refractivity contribution in [2.45, 2.75) is 62.9 Å². The van der Waals surface area contributed by atoms with Crippen LogP contribution in [0.5, 0.6) is 0 Å². The van der Waals surface area contributed by atoms with Gasteiger partial charge in [0.05, 0.1) is 11.8 Å². The molecule has 2 saturated carbocycles. The highest BCUT2D eigenvalue weighted by atomic mass is 16.5. The molecule has 1 N–H and O–H groups in total. The van der Waals surface area contributed by atoms with Gasteiger partial charge in [0.25, 0.3) is 0 Å². The van der Waals surface area contributed by atoms with Crippen molar-refractivity contribution in [3.63, 3.8) is 0 Å². The molecule has 0 aromatic carbocycles. The summed E-state index contributed by atoms with van der Waals surface area (Å²) in [5.74, 6) is 1.50. The number of H-pyrrole nitrogens is 1. The third-order valence-electron chi connectivity index (χ3n) is 4.31. The predicted molar refractivity (Wildman–Crippen MR) is 65.1 cm³/mol. The number of hydrogen-bond donors (Lipinski definition) is 1. The van der Waals surface area contributed by atoms with Crippen molar-refractivity contribution in [2.24, 2.45) is 0 Å². The minimum Gasteiger partial charge on any atom is -0.373 e. The van der Waals surface area contributed by atoms with Gasteiger partial charge in [0, 0.05) is 29.7 Å². The molecule has 2 heterocycles. The highest BCUT2D eigenvalue weighted by Gasteiger charge is 2.38. The van der Waals surface area contributed by atoms with Crippen molar-refractivity contribution in [1.82, 2.24) is 10.2 Å². The summed E-state index contributed by atoms with van der Waals surface area (Å²) in [6.45, 7) is 0.935. The number of nitrogens with zero attached hydrogens (tertiary/aromatic N) is 1. The first-order valence-electron chi connectivity index (χ1n) is 7.13. The average Bonchev–Trinajstić information content (AvgIpc) is 3.29. The summed E-state index contributed by atoms with van der Waals surface area (Å²) in [4.78, 5) is 0. The summed E-state index contributed by atoms with van der Waals surface area (Å²) in [6.07, 6.45) is 9.41. The van der Waals surface area contributed by atoms with Crippen LogP contribution in [0.1, 0.15) is 79.8 Å². The summed E-state index contributed by atoms with van der Waals surface area (Å²) in [5.41, 5.74) is 4.23. The minimum atomic E-state index is 0.341. The van der Waals surface area contributed by atoms with E-state index in [0.29, 0.717) is 6.10 Å². The van der Waals surface area contributed by atoms with Crippen LogP contribution in [0.4, 0.5) is 0 Å². The van der Waals surface area contributed by atoms with Crippen molar-refractivity contribution in [2.75, 3.05) is 6.61 Å². The second-order valence-corrected chi connectivity index (χ2v) is 5.84. The van der Waals surface area contributed by atoms with Gasteiger partial charge in [-0.25, -0.2) is 0 Å². The number of hydrogen-bond acceptors (Lipinski definition) is 2. The fourth-order valence-electron chi connectivity index (χ4n) is 3.04. The number of rotatable bonds is 3. The standard InChI is InChI=1S/C14H20N2O/c1-2-8-17-11(3-1)12-13(9-4-5-9)15-16-14(12)10-6-7-10/h9-11H,1-8H2,(H,15,16)/t11-/m0/s1. The van der Waals surface area contributed by atoms with Gasteiger partial charge in [0.1, 0.15) is 0 Å². The van der Waals surface area contributed by atoms with E-state index in [-0.39, 0.29) is 0 Å². The zero-order valence-corrected chi connectivity index (χ0v) is 10.2. The van der Waals surface area contributed by atoms with Crippen LogP contribution >= 0.6 is 0 Å². The molecule has 1 aromatic rings. The summed E-state index contributed by atoms with van der Waals surface area (Å²) in [5, 5.41) is 7.93. The second-order valence-electron chi connectivity index (χ2n) is 5.84. The fourth-order valence-corrected chi connectivity index (χ4v) is 3.04. The number of aromatic nitrogens is 2. The average molecular weight is 232 g/mol. The van der Waals surface area contributed by atoms with Crippen LogP contribution in [0.25, 0.3) is 0 Å². The predicted octanol–water partition coefficient (Wildman–Crippen LogP) is 3.41. The van der Waals surface area contributed by atoms with Crippen molar-refractivity contribution < 1.29 is 4.74 Å². The first-order chi connectivity index (χ1) is 8.43. The first-order valence-corrected chi connectivity index (χ1v) is 7.13. The molecule has 0 bridgehead atoms. The molecule has 3 fully saturated rings. The molecule has 92 valence electrons. The number of aromatic amines is 1. The van der Waals surface area contributed by atoms with E-state index in [0.717, 1.165) is 18.4 Å². The lowest BCUT2D eigenvalue weighted by Crippen LogP contribution is -2.13. The first kappa shape index (κ1) is 10.1. The largest absolute Gasteiger partial charge is 0.373 e. The molecule has 1 atom stereocenters. The SMILES string of the molecule is C1CC[C@@H](c2c(C3CC3)n[nH]c2C2CC2)OC1. The van der Waals surface area contributed by atoms with Crippen molar-refractivity contribution in [3.8, 4) is 0 Å². The van der Waals surface area contributed by atoms with Gasteiger partial charge in [-0.05, 0) is 44.9 Å². The lowest BCUT2D eigenvalue weighted by molar-refractivity contribution is 0.0139. The van der Waals surface area contributed by atoms with Gasteiger partial charge in [-0.3, -0.25) is 5.10 Å². The molecular weight excluding hydrogens is 212 g/mol. The highest BCUT2D eigenvalue weighted by molar-refractivity contribution is 5.36. The fraction of sp³-hybridized carbons (Fsp3) is 0.786. The lowest BCUT2D eigenvalue weighted by atomic mass is 9.96. The van der Waals surface area contributed by atoms with Gasteiger partial charge < -0.3 is 4.74 Å². The molecule has 0 amide bonds. The minimum absolute atomic E-state index is 0.341. The van der Waals surface area contributed by atoms with E-state index in [9.17, 15) is 0 Å². The highest BCUT2D eigenvalue weighted by Crippen LogP contribution is 2.49. The topological polar surface area (TPSA) is 37.9 Å². The molecule has 0 unspecified atom stereocenters. The van der Waals surface area contributed by atoms with Crippen LogP contribution in [0.15, 0.2) is 0 Å². The monoisotopic (exact) mass is 232 g/mol. The molecule has 3 nitrogen and oxygen atoms in total. The maximum atomic E-state index is 6.00. The number of ether oxygens (including phenoxy) is 1. The van der Waals surface area contributed by atoms with Gasteiger partial charge in [-0.15, -0.1) is 0 Å². The summed E-state index contributed by atoms with van der Waals surface area (Å²) in [7, 11) is 0. The maximum Gasteiger partial charge on any atom is 0.0861 e. The number of nitrogens with one attached hydrogen (secondary N) is 1. The van der Waals surface area contributed by atoms with Crippen LogP contribution in [0.3, 0.4) is 0 Å². The molecule has 17 heavy (non-hydrogen) atoms. The Morgan fingerprint density at radius 3 is 2.47 bits per heavy atom. The Hall–Kier alpha value is -0.830. The van der Waals surface area contributed by atoms with E-state index >= 15 is 0 Å². The smallest absolute Gasteiger partial charge is 0.0861 e. The van der Waals surface area contributed by atoms with Gasteiger partial charge in [-0.2, -0.15) is 5.10 Å². The Bertz CT molecular complexity index is 382. The van der Waals surface area contributed by atoms with E-state index < -0.39 is 0 Å². The van der Waals surface area contributed by atoms with Crippen molar-refractivity contribution in [1.29, 1.82) is 0 Å². The zero-order chi connectivity index (χ0) is 11.2. The molecule has 1 aromatic heterocycles. The Labute approximate surface area is 102 Å². The quantitative estimate of drug-likeness (QED) is 0.867. The molecule has 0 radical (unpaired) electrons. The third-order valence-corrected chi connectivity index (χ3v) is 4.31. The molecule has 4 rings (SSSR count). The Balaban J connectivity index is 1.70. The van der Waals surface area contributed by atoms with E-state index in [1.807, 2.05) is 0 Å². The van der Waals surface area contributed by atoms with Crippen LogP contribution in [-0.2, 0) is 4.74 Å². The Morgan fingerprint density at radius 1 is 1.00 bits per heavy atom. The Kier molecular flexibility index (Phi) is 2.29. The van der Waals surface area contributed by atoms with Crippen LogP contribution < -0.4 is 0 Å².